The number of imidazole rings is 1. The third-order valence-electron chi connectivity index (χ3n) is 7.67. The molecule has 1 spiro atoms. The molecule has 2 aliphatic heterocycles. The lowest BCUT2D eigenvalue weighted by molar-refractivity contribution is 0.0429. The lowest BCUT2D eigenvalue weighted by Crippen LogP contribution is -2.52. The van der Waals surface area contributed by atoms with Crippen molar-refractivity contribution in [3.8, 4) is 5.75 Å². The van der Waals surface area contributed by atoms with E-state index in [9.17, 15) is 0 Å². The van der Waals surface area contributed by atoms with Crippen molar-refractivity contribution in [2.45, 2.75) is 60.1 Å². The summed E-state index contributed by atoms with van der Waals surface area (Å²) < 4.78 is 8.52. The van der Waals surface area contributed by atoms with E-state index in [1.165, 1.54) is 0 Å². The van der Waals surface area contributed by atoms with E-state index in [4.69, 9.17) is 32.0 Å². The second kappa shape index (κ2) is 8.79. The molecule has 1 saturated heterocycles. The first kappa shape index (κ1) is 23.1. The van der Waals surface area contributed by atoms with Gasteiger partial charge in [0.25, 0.3) is 0 Å². The molecule has 3 N–H and O–H groups in total. The second-order valence-corrected chi connectivity index (χ2v) is 11.5. The topological polar surface area (TPSA) is 93.6 Å². The van der Waals surface area contributed by atoms with Crippen molar-refractivity contribution < 1.29 is 4.74 Å². The number of nitrogens with two attached hydrogens (primary N) is 1. The van der Waals surface area contributed by atoms with Crippen LogP contribution in [0.4, 0.5) is 11.8 Å². The number of hydrogen-bond donors (Lipinski definition) is 2. The van der Waals surface area contributed by atoms with Gasteiger partial charge in [-0.2, -0.15) is 0 Å². The highest BCUT2D eigenvalue weighted by Gasteiger charge is 2.48. The molecule has 5 heterocycles. The summed E-state index contributed by atoms with van der Waals surface area (Å²) in [5.41, 5.74) is 9.23. The van der Waals surface area contributed by atoms with Gasteiger partial charge in [0.1, 0.15) is 17.2 Å². The van der Waals surface area contributed by atoms with Crippen molar-refractivity contribution in [1.29, 1.82) is 0 Å². The molecule has 1 aromatic carbocycles. The Hall–Kier alpha value is -3.01. The molecule has 3 aliphatic rings. The van der Waals surface area contributed by atoms with Crippen LogP contribution in [0.1, 0.15) is 43.0 Å². The highest BCUT2D eigenvalue weighted by atomic mass is 35.5. The van der Waals surface area contributed by atoms with Gasteiger partial charge < -0.3 is 20.7 Å². The number of aromatic nitrogens is 4. The molecule has 1 saturated carbocycles. The highest BCUT2D eigenvalue weighted by Crippen LogP contribution is 2.47. The fourth-order valence-corrected chi connectivity index (χ4v) is 6.68. The van der Waals surface area contributed by atoms with E-state index in [1.54, 1.807) is 18.0 Å². The van der Waals surface area contributed by atoms with Gasteiger partial charge in [0.05, 0.1) is 21.7 Å². The number of rotatable bonds is 5. The molecule has 10 heteroatoms. The zero-order chi connectivity index (χ0) is 25.1. The number of anilines is 2. The van der Waals surface area contributed by atoms with Gasteiger partial charge in [-0.25, -0.2) is 15.0 Å². The summed E-state index contributed by atoms with van der Waals surface area (Å²) in [6, 6.07) is 10.5. The first-order valence-electron chi connectivity index (χ1n) is 12.7. The van der Waals surface area contributed by atoms with Crippen LogP contribution in [0.5, 0.6) is 5.75 Å². The highest BCUT2D eigenvalue weighted by molar-refractivity contribution is 7.99. The molecule has 0 amide bonds. The van der Waals surface area contributed by atoms with Crippen molar-refractivity contribution >= 4 is 40.8 Å². The lowest BCUT2D eigenvalue weighted by Gasteiger charge is -2.41. The van der Waals surface area contributed by atoms with Gasteiger partial charge in [-0.1, -0.05) is 41.6 Å². The molecule has 0 bridgehead atoms. The number of hydrogen-bond acceptors (Lipinski definition) is 8. The Morgan fingerprint density at radius 3 is 2.73 bits per heavy atom. The fourth-order valence-electron chi connectivity index (χ4n) is 5.42. The summed E-state index contributed by atoms with van der Waals surface area (Å²) in [7, 11) is 0. The molecule has 7 rings (SSSR count). The Morgan fingerprint density at radius 1 is 1.14 bits per heavy atom. The lowest BCUT2D eigenvalue weighted by atomic mass is 9.83. The van der Waals surface area contributed by atoms with Crippen LogP contribution in [0, 0.1) is 6.92 Å². The van der Waals surface area contributed by atoms with E-state index in [0.717, 1.165) is 83.0 Å². The van der Waals surface area contributed by atoms with E-state index >= 15 is 0 Å². The predicted octanol–water partition coefficient (Wildman–Crippen LogP) is 5.24. The molecule has 190 valence electrons. The maximum Gasteiger partial charge on any atom is 0.211 e. The fraction of sp³-hybridized carbons (Fsp3) is 0.370. The molecule has 0 unspecified atom stereocenters. The first-order chi connectivity index (χ1) is 18.0. The third kappa shape index (κ3) is 3.91. The average Bonchev–Trinajstić information content (AvgIpc) is 3.52. The van der Waals surface area contributed by atoms with E-state index in [1.807, 2.05) is 43.6 Å². The molecule has 37 heavy (non-hydrogen) atoms. The minimum atomic E-state index is -0.358. The number of ether oxygens (including phenoxy) is 1. The average molecular weight is 534 g/mol. The summed E-state index contributed by atoms with van der Waals surface area (Å²) in [6.07, 6.45) is 9.61. The van der Waals surface area contributed by atoms with Crippen LogP contribution in [0.2, 0.25) is 5.02 Å². The van der Waals surface area contributed by atoms with Crippen LogP contribution in [0.3, 0.4) is 0 Å². The third-order valence-corrected chi connectivity index (χ3v) is 9.40. The normalized spacial score (nSPS) is 20.3. The monoisotopic (exact) mass is 533 g/mol. The van der Waals surface area contributed by atoms with Crippen LogP contribution in [-0.4, -0.2) is 44.1 Å². The quantitative estimate of drug-likeness (QED) is 0.359. The second-order valence-electron chi connectivity index (χ2n) is 10.1. The number of piperidine rings is 1. The van der Waals surface area contributed by atoms with Crippen molar-refractivity contribution in [3.05, 3.63) is 65.2 Å². The number of nitrogens with one attached hydrogen (secondary N) is 1. The van der Waals surface area contributed by atoms with Crippen LogP contribution < -0.4 is 20.7 Å². The molecule has 8 nitrogen and oxygen atoms in total. The van der Waals surface area contributed by atoms with Gasteiger partial charge in [-0.15, -0.1) is 0 Å². The largest absolute Gasteiger partial charge is 0.485 e. The van der Waals surface area contributed by atoms with Crippen molar-refractivity contribution in [2.75, 3.05) is 23.3 Å². The summed E-state index contributed by atoms with van der Waals surface area (Å²) in [5.74, 6) is 2.55. The summed E-state index contributed by atoms with van der Waals surface area (Å²) in [5, 5.41) is 4.06. The Bertz CT molecular complexity index is 1500. The number of benzene rings is 1. The summed E-state index contributed by atoms with van der Waals surface area (Å²) >= 11 is 8.33. The van der Waals surface area contributed by atoms with Crippen LogP contribution >= 0.6 is 23.4 Å². The zero-order valence-electron chi connectivity index (χ0n) is 20.5. The predicted molar refractivity (Wildman–Crippen MR) is 146 cm³/mol. The SMILES string of the molecule is Cc1nc(N2CCC3(CC2)Oc2ccccc2[C@H]3N)n2ccnc2c1Sc1ccnc(NC2CC2)c1Cl. The minimum Gasteiger partial charge on any atom is -0.485 e. The summed E-state index contributed by atoms with van der Waals surface area (Å²) in [6.45, 7) is 3.65. The molecule has 3 aromatic heterocycles. The van der Waals surface area contributed by atoms with Crippen LogP contribution in [0.25, 0.3) is 5.65 Å². The Morgan fingerprint density at radius 2 is 1.95 bits per heavy atom. The molecule has 1 atom stereocenters. The maximum atomic E-state index is 6.74. The van der Waals surface area contributed by atoms with E-state index in [0.29, 0.717) is 11.1 Å². The molecule has 4 aromatic rings. The number of aryl methyl sites for hydroxylation is 1. The van der Waals surface area contributed by atoms with Gasteiger partial charge in [-0.05, 0) is 31.9 Å². The minimum absolute atomic E-state index is 0.114. The number of halogens is 1. The van der Waals surface area contributed by atoms with Gasteiger partial charge in [0.2, 0.25) is 5.95 Å². The first-order valence-corrected chi connectivity index (χ1v) is 13.9. The Balaban J connectivity index is 1.15. The zero-order valence-corrected chi connectivity index (χ0v) is 22.1. The van der Waals surface area contributed by atoms with E-state index in [-0.39, 0.29) is 11.6 Å². The van der Waals surface area contributed by atoms with Crippen LogP contribution in [0.15, 0.2) is 58.7 Å². The number of para-hydroxylation sites is 1. The number of nitrogens with zero attached hydrogens (tertiary/aromatic N) is 5. The van der Waals surface area contributed by atoms with Gasteiger partial charge in [-0.3, -0.25) is 4.40 Å². The molecule has 2 fully saturated rings. The van der Waals surface area contributed by atoms with Gasteiger partial charge >= 0.3 is 0 Å². The Labute approximate surface area is 224 Å². The molecular formula is C27H28ClN7OS. The van der Waals surface area contributed by atoms with Crippen LogP contribution in [-0.2, 0) is 0 Å². The Kier molecular flexibility index (Phi) is 5.49. The van der Waals surface area contributed by atoms with Crippen molar-refractivity contribution in [3.63, 3.8) is 0 Å². The number of pyridine rings is 1. The number of fused-ring (bicyclic) bond motifs is 2. The van der Waals surface area contributed by atoms with E-state index < -0.39 is 0 Å². The maximum absolute atomic E-state index is 6.74. The van der Waals surface area contributed by atoms with Crippen molar-refractivity contribution in [2.24, 2.45) is 5.73 Å². The van der Waals surface area contributed by atoms with Gasteiger partial charge in [0, 0.05) is 61.0 Å². The van der Waals surface area contributed by atoms with Crippen molar-refractivity contribution in [1.82, 2.24) is 19.4 Å². The van der Waals surface area contributed by atoms with E-state index in [2.05, 4.69) is 25.7 Å². The molecule has 1 aliphatic carbocycles. The molecule has 0 radical (unpaired) electrons. The standard InChI is InChI=1S/C27H28ClN7OS/c1-16-22(37-20-8-11-30-24(21(20)28)33-17-6-7-17)25-31-12-15-35(25)26(32-16)34-13-9-27(10-14-34)23(29)18-4-2-3-5-19(18)36-27/h2-5,8,11-12,15,17,23H,6-7,9-10,13-14,29H2,1H3,(H,30,33)/t23-/m1/s1. The van der Waals surface area contributed by atoms with Gasteiger partial charge in [0.15, 0.2) is 5.65 Å². The molecular weight excluding hydrogens is 506 g/mol. The smallest absolute Gasteiger partial charge is 0.211 e. The summed E-state index contributed by atoms with van der Waals surface area (Å²) in [4.78, 5) is 18.5.